The molecule has 0 radical (unpaired) electrons. The second-order valence-electron chi connectivity index (χ2n) is 7.30. The summed E-state index contributed by atoms with van der Waals surface area (Å²) < 4.78 is 0. The summed E-state index contributed by atoms with van der Waals surface area (Å²) in [7, 11) is 0. The minimum Gasteiger partial charge on any atom is -0.315 e. The lowest BCUT2D eigenvalue weighted by Gasteiger charge is -2.41. The van der Waals surface area contributed by atoms with E-state index >= 15 is 0 Å². The minimum atomic E-state index is 0.446. The zero-order valence-electron chi connectivity index (χ0n) is 14.1. The van der Waals surface area contributed by atoms with Crippen LogP contribution in [0.5, 0.6) is 0 Å². The van der Waals surface area contributed by atoms with Crippen molar-refractivity contribution in [1.29, 1.82) is 0 Å². The Morgan fingerprint density at radius 1 is 0.750 bits per heavy atom. The highest BCUT2D eigenvalue weighted by Crippen LogP contribution is 2.46. The van der Waals surface area contributed by atoms with Gasteiger partial charge in [0.05, 0.1) is 6.04 Å². The maximum absolute atomic E-state index is 3.51. The van der Waals surface area contributed by atoms with Gasteiger partial charge in [0.1, 0.15) is 0 Å². The van der Waals surface area contributed by atoms with Gasteiger partial charge in [0.15, 0.2) is 0 Å². The van der Waals surface area contributed by atoms with E-state index in [4.69, 9.17) is 0 Å². The molecule has 2 aromatic rings. The van der Waals surface area contributed by atoms with Crippen LogP contribution in [0, 0.1) is 0 Å². The van der Waals surface area contributed by atoms with Crippen molar-refractivity contribution >= 4 is 0 Å². The molecule has 0 saturated carbocycles. The second kappa shape index (κ2) is 5.99. The van der Waals surface area contributed by atoms with Crippen LogP contribution < -0.4 is 5.32 Å². The molecule has 2 aliphatic heterocycles. The molecule has 24 heavy (non-hydrogen) atoms. The van der Waals surface area contributed by atoms with E-state index in [0.29, 0.717) is 6.04 Å². The second-order valence-corrected chi connectivity index (χ2v) is 7.30. The molecule has 1 N–H and O–H groups in total. The number of nitrogens with one attached hydrogen (secondary N) is 1. The summed E-state index contributed by atoms with van der Waals surface area (Å²) in [5.41, 5.74) is 5.85. The molecule has 2 saturated heterocycles. The molecule has 0 bridgehead atoms. The van der Waals surface area contributed by atoms with Crippen molar-refractivity contribution in [3.63, 3.8) is 0 Å². The molecule has 0 amide bonds. The molecule has 5 rings (SSSR count). The molecule has 2 aromatic carbocycles. The van der Waals surface area contributed by atoms with Crippen molar-refractivity contribution in [3.05, 3.63) is 59.7 Å². The topological polar surface area (TPSA) is 18.5 Å². The van der Waals surface area contributed by atoms with Gasteiger partial charge in [-0.3, -0.25) is 9.80 Å². The van der Waals surface area contributed by atoms with Crippen molar-refractivity contribution < 1.29 is 0 Å². The standard InChI is InChI=1S/C21H25N3/c1-3-7-19-17(5-1)18-6-2-4-8-20(18)21(19)24-13-11-23(12-14-24)16-9-10-22-15-16/h1-8,16,21-22H,9-15H2. The van der Waals surface area contributed by atoms with Gasteiger partial charge in [0.2, 0.25) is 0 Å². The zero-order chi connectivity index (χ0) is 15.9. The van der Waals surface area contributed by atoms with E-state index in [-0.39, 0.29) is 0 Å². The normalized spacial score (nSPS) is 24.9. The molecule has 3 aliphatic rings. The van der Waals surface area contributed by atoms with E-state index in [1.54, 1.807) is 0 Å². The van der Waals surface area contributed by atoms with E-state index in [2.05, 4.69) is 63.6 Å². The van der Waals surface area contributed by atoms with Gasteiger partial charge in [0.25, 0.3) is 0 Å². The lowest BCUT2D eigenvalue weighted by atomic mass is 10.0. The Labute approximate surface area is 144 Å². The summed E-state index contributed by atoms with van der Waals surface area (Å²) in [6, 6.07) is 19.2. The van der Waals surface area contributed by atoms with Crippen LogP contribution in [0.4, 0.5) is 0 Å². The quantitative estimate of drug-likeness (QED) is 0.918. The summed E-state index contributed by atoms with van der Waals surface area (Å²) in [5, 5.41) is 3.51. The highest BCUT2D eigenvalue weighted by Gasteiger charge is 2.35. The Kier molecular flexibility index (Phi) is 3.66. The molecule has 0 spiro atoms. The maximum atomic E-state index is 3.51. The average Bonchev–Trinajstić information content (AvgIpc) is 3.28. The maximum Gasteiger partial charge on any atom is 0.0614 e. The molecular weight excluding hydrogens is 294 g/mol. The Morgan fingerprint density at radius 2 is 1.33 bits per heavy atom. The number of piperazine rings is 1. The van der Waals surface area contributed by atoms with Crippen LogP contribution in [-0.4, -0.2) is 55.1 Å². The molecule has 2 fully saturated rings. The first-order valence-electron chi connectivity index (χ1n) is 9.29. The molecular formula is C21H25N3. The van der Waals surface area contributed by atoms with E-state index in [9.17, 15) is 0 Å². The van der Waals surface area contributed by atoms with E-state index in [1.165, 1.54) is 67.9 Å². The lowest BCUT2D eigenvalue weighted by Crippen LogP contribution is -2.51. The summed E-state index contributed by atoms with van der Waals surface area (Å²) in [5.74, 6) is 0. The average molecular weight is 319 g/mol. The van der Waals surface area contributed by atoms with Crippen molar-refractivity contribution in [2.45, 2.75) is 18.5 Å². The number of fused-ring (bicyclic) bond motifs is 3. The third kappa shape index (κ3) is 2.31. The van der Waals surface area contributed by atoms with Crippen molar-refractivity contribution in [3.8, 4) is 11.1 Å². The van der Waals surface area contributed by atoms with Gasteiger partial charge in [-0.2, -0.15) is 0 Å². The molecule has 3 nitrogen and oxygen atoms in total. The number of nitrogens with zero attached hydrogens (tertiary/aromatic N) is 2. The number of rotatable bonds is 2. The largest absolute Gasteiger partial charge is 0.315 e. The van der Waals surface area contributed by atoms with Gasteiger partial charge in [-0.25, -0.2) is 0 Å². The van der Waals surface area contributed by atoms with Crippen molar-refractivity contribution in [2.75, 3.05) is 39.3 Å². The molecule has 124 valence electrons. The number of hydrogen-bond acceptors (Lipinski definition) is 3. The predicted octanol–water partition coefficient (Wildman–Crippen LogP) is 2.74. The molecule has 1 atom stereocenters. The smallest absolute Gasteiger partial charge is 0.0614 e. The van der Waals surface area contributed by atoms with Crippen molar-refractivity contribution in [1.82, 2.24) is 15.1 Å². The monoisotopic (exact) mass is 319 g/mol. The predicted molar refractivity (Wildman–Crippen MR) is 98.1 cm³/mol. The van der Waals surface area contributed by atoms with Gasteiger partial charge >= 0.3 is 0 Å². The fraction of sp³-hybridized carbons (Fsp3) is 0.429. The Hall–Kier alpha value is -1.68. The first-order chi connectivity index (χ1) is 11.9. The van der Waals surface area contributed by atoms with Crippen molar-refractivity contribution in [2.24, 2.45) is 0 Å². The minimum absolute atomic E-state index is 0.446. The molecule has 0 aromatic heterocycles. The van der Waals surface area contributed by atoms with Gasteiger partial charge in [-0.05, 0) is 35.2 Å². The van der Waals surface area contributed by atoms with E-state index in [0.717, 1.165) is 6.04 Å². The summed E-state index contributed by atoms with van der Waals surface area (Å²) in [6.07, 6.45) is 1.31. The Bertz CT molecular complexity index is 682. The summed E-state index contributed by atoms with van der Waals surface area (Å²) in [4.78, 5) is 5.40. The number of hydrogen-bond donors (Lipinski definition) is 1. The molecule has 1 aliphatic carbocycles. The summed E-state index contributed by atoms with van der Waals surface area (Å²) >= 11 is 0. The van der Waals surface area contributed by atoms with Crippen LogP contribution in [0.25, 0.3) is 11.1 Å². The molecule has 2 heterocycles. The highest BCUT2D eigenvalue weighted by atomic mass is 15.3. The number of benzene rings is 2. The fourth-order valence-corrected chi connectivity index (χ4v) is 4.83. The fourth-order valence-electron chi connectivity index (χ4n) is 4.83. The van der Waals surface area contributed by atoms with Gasteiger partial charge in [-0.15, -0.1) is 0 Å². The van der Waals surface area contributed by atoms with Crippen LogP contribution in [0.15, 0.2) is 48.5 Å². The lowest BCUT2D eigenvalue weighted by molar-refractivity contribution is 0.0854. The van der Waals surface area contributed by atoms with Gasteiger partial charge in [0, 0.05) is 38.8 Å². The third-order valence-corrected chi connectivity index (χ3v) is 6.07. The first-order valence-corrected chi connectivity index (χ1v) is 9.29. The van der Waals surface area contributed by atoms with Crippen LogP contribution in [0.2, 0.25) is 0 Å². The van der Waals surface area contributed by atoms with Gasteiger partial charge in [-0.1, -0.05) is 48.5 Å². The van der Waals surface area contributed by atoms with Gasteiger partial charge < -0.3 is 5.32 Å². The Morgan fingerprint density at radius 3 is 1.92 bits per heavy atom. The van der Waals surface area contributed by atoms with Crippen LogP contribution >= 0.6 is 0 Å². The zero-order valence-corrected chi connectivity index (χ0v) is 14.1. The van der Waals surface area contributed by atoms with Crippen LogP contribution in [0.1, 0.15) is 23.6 Å². The SMILES string of the molecule is c1ccc2c(c1)-c1ccccc1C2N1CCN(C2CCNC2)CC1. The van der Waals surface area contributed by atoms with E-state index in [1.807, 2.05) is 0 Å². The van der Waals surface area contributed by atoms with E-state index < -0.39 is 0 Å². The Balaban J connectivity index is 1.41. The highest BCUT2D eigenvalue weighted by molar-refractivity contribution is 5.78. The molecule has 3 heteroatoms. The summed E-state index contributed by atoms with van der Waals surface area (Å²) in [6.45, 7) is 7.11. The van der Waals surface area contributed by atoms with Crippen LogP contribution in [0.3, 0.4) is 0 Å². The first kappa shape index (κ1) is 14.6. The van der Waals surface area contributed by atoms with Crippen LogP contribution in [-0.2, 0) is 0 Å². The molecule has 1 unspecified atom stereocenters. The third-order valence-electron chi connectivity index (χ3n) is 6.07.